The monoisotopic (exact) mass is 230 g/mol. The maximum atomic E-state index is 5.22. The lowest BCUT2D eigenvalue weighted by Crippen LogP contribution is -2.20. The SMILES string of the molecule is COCCNCCCSc1nc(C)co1. The van der Waals surface area contributed by atoms with Crippen LogP contribution in [-0.4, -0.2) is 37.5 Å². The smallest absolute Gasteiger partial charge is 0.255 e. The molecule has 1 heterocycles. The second-order valence-corrected chi connectivity index (χ2v) is 4.25. The van der Waals surface area contributed by atoms with Gasteiger partial charge in [-0.15, -0.1) is 0 Å². The molecule has 15 heavy (non-hydrogen) atoms. The minimum Gasteiger partial charge on any atom is -0.440 e. The molecule has 0 radical (unpaired) electrons. The summed E-state index contributed by atoms with van der Waals surface area (Å²) in [6.07, 6.45) is 2.79. The van der Waals surface area contributed by atoms with E-state index in [-0.39, 0.29) is 0 Å². The van der Waals surface area contributed by atoms with Gasteiger partial charge in [0, 0.05) is 19.4 Å². The van der Waals surface area contributed by atoms with Gasteiger partial charge in [-0.1, -0.05) is 11.8 Å². The Morgan fingerprint density at radius 2 is 2.40 bits per heavy atom. The summed E-state index contributed by atoms with van der Waals surface area (Å²) in [6, 6.07) is 0. The third-order valence-electron chi connectivity index (χ3n) is 1.80. The molecule has 0 amide bonds. The van der Waals surface area contributed by atoms with E-state index in [0.717, 1.165) is 42.8 Å². The van der Waals surface area contributed by atoms with E-state index in [1.807, 2.05) is 6.92 Å². The van der Waals surface area contributed by atoms with Crippen molar-refractivity contribution in [2.45, 2.75) is 18.6 Å². The molecule has 0 aromatic carbocycles. The number of thioether (sulfide) groups is 1. The standard InChI is InChI=1S/C10H18N2O2S/c1-9-8-14-10(12-9)15-7-3-4-11-5-6-13-2/h8,11H,3-7H2,1-2H3. The molecule has 0 atom stereocenters. The third kappa shape index (κ3) is 5.81. The van der Waals surface area contributed by atoms with Crippen molar-refractivity contribution < 1.29 is 9.15 Å². The predicted molar refractivity (Wildman–Crippen MR) is 61.3 cm³/mol. The second kappa shape index (κ2) is 7.73. The number of nitrogens with one attached hydrogen (secondary N) is 1. The number of hydrogen-bond acceptors (Lipinski definition) is 5. The Morgan fingerprint density at radius 1 is 1.53 bits per heavy atom. The summed E-state index contributed by atoms with van der Waals surface area (Å²) in [5.74, 6) is 1.03. The first kappa shape index (κ1) is 12.5. The van der Waals surface area contributed by atoms with Crippen LogP contribution in [0.4, 0.5) is 0 Å². The Morgan fingerprint density at radius 3 is 3.07 bits per heavy atom. The number of hydrogen-bond donors (Lipinski definition) is 1. The number of rotatable bonds is 8. The lowest BCUT2D eigenvalue weighted by molar-refractivity contribution is 0.199. The summed E-state index contributed by atoms with van der Waals surface area (Å²) in [5, 5.41) is 4.06. The zero-order valence-corrected chi connectivity index (χ0v) is 10.1. The average molecular weight is 230 g/mol. The molecule has 1 N–H and O–H groups in total. The van der Waals surface area contributed by atoms with Crippen LogP contribution in [0.5, 0.6) is 0 Å². The van der Waals surface area contributed by atoms with Crippen LogP contribution >= 0.6 is 11.8 Å². The molecular formula is C10H18N2O2S. The Kier molecular flexibility index (Phi) is 6.47. The molecule has 0 aliphatic carbocycles. The number of ether oxygens (including phenoxy) is 1. The molecule has 0 saturated heterocycles. The lowest BCUT2D eigenvalue weighted by atomic mass is 10.5. The largest absolute Gasteiger partial charge is 0.440 e. The van der Waals surface area contributed by atoms with Gasteiger partial charge in [0.25, 0.3) is 5.22 Å². The van der Waals surface area contributed by atoms with Gasteiger partial charge < -0.3 is 14.5 Å². The van der Waals surface area contributed by atoms with Crippen molar-refractivity contribution in [3.63, 3.8) is 0 Å². The van der Waals surface area contributed by atoms with Gasteiger partial charge in [0.05, 0.1) is 12.3 Å². The van der Waals surface area contributed by atoms with Crippen LogP contribution in [0.15, 0.2) is 15.9 Å². The van der Waals surface area contributed by atoms with E-state index in [2.05, 4.69) is 10.3 Å². The number of aromatic nitrogens is 1. The molecule has 1 aromatic rings. The predicted octanol–water partition coefficient (Wildman–Crippen LogP) is 1.70. The van der Waals surface area contributed by atoms with Crippen LogP contribution in [0.3, 0.4) is 0 Å². The van der Waals surface area contributed by atoms with Gasteiger partial charge in [-0.25, -0.2) is 4.98 Å². The summed E-state index contributed by atoms with van der Waals surface area (Å²) in [4.78, 5) is 4.21. The highest BCUT2D eigenvalue weighted by molar-refractivity contribution is 7.99. The van der Waals surface area contributed by atoms with Crippen molar-refractivity contribution in [3.05, 3.63) is 12.0 Å². The van der Waals surface area contributed by atoms with Crippen LogP contribution in [0.25, 0.3) is 0 Å². The highest BCUT2D eigenvalue weighted by Crippen LogP contribution is 2.16. The average Bonchev–Trinajstić information content (AvgIpc) is 2.63. The first-order chi connectivity index (χ1) is 7.33. The number of oxazole rings is 1. The minimum absolute atomic E-state index is 0.768. The molecule has 0 aliphatic heterocycles. The van der Waals surface area contributed by atoms with Crippen molar-refractivity contribution in [3.8, 4) is 0 Å². The van der Waals surface area contributed by atoms with Crippen molar-refractivity contribution in [2.75, 3.05) is 32.6 Å². The normalized spacial score (nSPS) is 10.8. The first-order valence-corrected chi connectivity index (χ1v) is 6.06. The molecule has 0 saturated carbocycles. The van der Waals surface area contributed by atoms with Crippen molar-refractivity contribution in [1.82, 2.24) is 10.3 Å². The lowest BCUT2D eigenvalue weighted by Gasteiger charge is -2.02. The van der Waals surface area contributed by atoms with Crippen LogP contribution in [0, 0.1) is 6.92 Å². The van der Waals surface area contributed by atoms with Crippen LogP contribution < -0.4 is 5.32 Å². The van der Waals surface area contributed by atoms with Gasteiger partial charge in [0.1, 0.15) is 6.26 Å². The summed E-state index contributed by atoms with van der Waals surface area (Å²) in [5.41, 5.74) is 0.940. The molecule has 1 aromatic heterocycles. The number of aryl methyl sites for hydroxylation is 1. The van der Waals surface area contributed by atoms with Crippen LogP contribution in [0.2, 0.25) is 0 Å². The quantitative estimate of drug-likeness (QED) is 0.544. The Labute approximate surface area is 94.8 Å². The zero-order valence-electron chi connectivity index (χ0n) is 9.28. The highest BCUT2D eigenvalue weighted by Gasteiger charge is 2.00. The first-order valence-electron chi connectivity index (χ1n) is 5.07. The van der Waals surface area contributed by atoms with Gasteiger partial charge in [0.2, 0.25) is 0 Å². The molecule has 5 heteroatoms. The summed E-state index contributed by atoms with van der Waals surface area (Å²) in [6.45, 7) is 4.63. The molecule has 86 valence electrons. The van der Waals surface area contributed by atoms with E-state index < -0.39 is 0 Å². The summed E-state index contributed by atoms with van der Waals surface area (Å²) >= 11 is 1.66. The molecule has 0 unspecified atom stereocenters. The van der Waals surface area contributed by atoms with E-state index in [0.29, 0.717) is 0 Å². The number of nitrogens with zero attached hydrogens (tertiary/aromatic N) is 1. The Balaban J connectivity index is 1.93. The fraction of sp³-hybridized carbons (Fsp3) is 0.700. The van der Waals surface area contributed by atoms with Gasteiger partial charge in [-0.2, -0.15) is 0 Å². The fourth-order valence-electron chi connectivity index (χ4n) is 1.05. The van der Waals surface area contributed by atoms with Gasteiger partial charge >= 0.3 is 0 Å². The topological polar surface area (TPSA) is 47.3 Å². The van der Waals surface area contributed by atoms with E-state index in [9.17, 15) is 0 Å². The van der Waals surface area contributed by atoms with Gasteiger partial charge in [-0.05, 0) is 19.9 Å². The van der Waals surface area contributed by atoms with Crippen molar-refractivity contribution in [2.24, 2.45) is 0 Å². The number of methoxy groups -OCH3 is 1. The van der Waals surface area contributed by atoms with Gasteiger partial charge in [-0.3, -0.25) is 0 Å². The van der Waals surface area contributed by atoms with Gasteiger partial charge in [0.15, 0.2) is 0 Å². The second-order valence-electron chi connectivity index (χ2n) is 3.20. The molecule has 0 aliphatic rings. The Hall–Kier alpha value is -0.520. The maximum Gasteiger partial charge on any atom is 0.255 e. The molecule has 0 spiro atoms. The van der Waals surface area contributed by atoms with E-state index in [1.165, 1.54) is 0 Å². The van der Waals surface area contributed by atoms with Crippen LogP contribution in [-0.2, 0) is 4.74 Å². The Bertz CT molecular complexity index is 266. The van der Waals surface area contributed by atoms with E-state index in [1.54, 1.807) is 25.1 Å². The minimum atomic E-state index is 0.768. The van der Waals surface area contributed by atoms with E-state index in [4.69, 9.17) is 9.15 Å². The van der Waals surface area contributed by atoms with Crippen LogP contribution in [0.1, 0.15) is 12.1 Å². The van der Waals surface area contributed by atoms with Crippen molar-refractivity contribution in [1.29, 1.82) is 0 Å². The summed E-state index contributed by atoms with van der Waals surface area (Å²) in [7, 11) is 1.71. The molecule has 0 bridgehead atoms. The molecular weight excluding hydrogens is 212 g/mol. The van der Waals surface area contributed by atoms with E-state index >= 15 is 0 Å². The molecule has 1 rings (SSSR count). The summed E-state index contributed by atoms with van der Waals surface area (Å²) < 4.78 is 10.1. The highest BCUT2D eigenvalue weighted by atomic mass is 32.2. The molecule has 0 fully saturated rings. The molecule has 4 nitrogen and oxygen atoms in total. The maximum absolute atomic E-state index is 5.22. The fourth-order valence-corrected chi connectivity index (χ4v) is 1.84. The van der Waals surface area contributed by atoms with Crippen molar-refractivity contribution >= 4 is 11.8 Å². The third-order valence-corrected chi connectivity index (χ3v) is 2.73. The zero-order chi connectivity index (χ0) is 10.9.